The molecule has 1 atom stereocenters. The Morgan fingerprint density at radius 2 is 2.17 bits per heavy atom. The summed E-state index contributed by atoms with van der Waals surface area (Å²) in [6.07, 6.45) is 0. The number of amides is 1. The number of nitrogens with two attached hydrogens (primary N) is 1. The van der Waals surface area contributed by atoms with Gasteiger partial charge in [-0.3, -0.25) is 4.79 Å². The van der Waals surface area contributed by atoms with Gasteiger partial charge < -0.3 is 16.2 Å². The van der Waals surface area contributed by atoms with E-state index in [1.165, 1.54) is 19.1 Å². The van der Waals surface area contributed by atoms with Crippen molar-refractivity contribution in [2.75, 3.05) is 18.1 Å². The molecule has 0 radical (unpaired) electrons. The van der Waals surface area contributed by atoms with Gasteiger partial charge in [0.15, 0.2) is 9.84 Å². The molecule has 0 aliphatic heterocycles. The number of hydrogen-bond acceptors (Lipinski definition) is 5. The lowest BCUT2D eigenvalue weighted by atomic mass is 10.2. The number of benzene rings is 1. The van der Waals surface area contributed by atoms with Crippen molar-refractivity contribution in [2.45, 2.75) is 12.3 Å². The van der Waals surface area contributed by atoms with Crippen LogP contribution in [0.1, 0.15) is 17.3 Å². The molecule has 0 spiro atoms. The van der Waals surface area contributed by atoms with Gasteiger partial charge in [0.1, 0.15) is 5.37 Å². The van der Waals surface area contributed by atoms with Crippen LogP contribution in [0.4, 0.5) is 5.69 Å². The topological polar surface area (TPSA) is 109 Å². The lowest BCUT2D eigenvalue weighted by molar-refractivity contribution is 0.0950. The van der Waals surface area contributed by atoms with E-state index in [2.05, 4.69) is 5.32 Å². The van der Waals surface area contributed by atoms with Crippen LogP contribution >= 0.6 is 0 Å². The molecule has 0 fully saturated rings. The second-order valence-electron chi connectivity index (χ2n) is 3.83. The Balaban J connectivity index is 2.77. The number of carbonyl (C=O) groups excluding carboxylic acids is 1. The summed E-state index contributed by atoms with van der Waals surface area (Å²) < 4.78 is 23.1. The molecule has 7 heteroatoms. The minimum Gasteiger partial charge on any atom is -0.399 e. The number of sulfone groups is 1. The summed E-state index contributed by atoms with van der Waals surface area (Å²) in [7, 11) is -3.54. The van der Waals surface area contributed by atoms with Crippen molar-refractivity contribution < 1.29 is 18.3 Å². The van der Waals surface area contributed by atoms with Crippen LogP contribution < -0.4 is 11.1 Å². The summed E-state index contributed by atoms with van der Waals surface area (Å²) in [6.45, 7) is 0.885. The fourth-order valence-corrected chi connectivity index (χ4v) is 2.24. The molecule has 18 heavy (non-hydrogen) atoms. The number of nitrogen functional groups attached to an aromatic ring is 1. The molecule has 0 heterocycles. The molecule has 100 valence electrons. The number of anilines is 1. The molecule has 0 bridgehead atoms. The molecular formula is C11H16N2O4S. The Labute approximate surface area is 106 Å². The standard InChI is InChI=1S/C11H16N2O4S/c1-8(18(16,17)6-5-14)13-11(15)9-3-2-4-10(12)7-9/h2-4,7-8,14H,5-6,12H2,1H3,(H,13,15). The van der Waals surface area contributed by atoms with Crippen LogP contribution in [0.15, 0.2) is 24.3 Å². The second kappa shape index (κ2) is 5.83. The molecule has 0 saturated heterocycles. The van der Waals surface area contributed by atoms with Gasteiger partial charge in [-0.2, -0.15) is 0 Å². The third-order valence-corrected chi connectivity index (χ3v) is 4.34. The number of hydrogen-bond donors (Lipinski definition) is 3. The zero-order chi connectivity index (χ0) is 13.8. The first-order valence-electron chi connectivity index (χ1n) is 5.35. The number of nitrogens with one attached hydrogen (secondary N) is 1. The van der Waals surface area contributed by atoms with Crippen molar-refractivity contribution in [3.63, 3.8) is 0 Å². The number of aliphatic hydroxyl groups excluding tert-OH is 1. The first kappa shape index (κ1) is 14.5. The van der Waals surface area contributed by atoms with Crippen molar-refractivity contribution in [3.8, 4) is 0 Å². The van der Waals surface area contributed by atoms with Crippen LogP contribution in [-0.4, -0.2) is 37.2 Å². The maximum Gasteiger partial charge on any atom is 0.252 e. The monoisotopic (exact) mass is 272 g/mol. The number of rotatable bonds is 5. The highest BCUT2D eigenvalue weighted by Crippen LogP contribution is 2.07. The van der Waals surface area contributed by atoms with Gasteiger partial charge in [0.25, 0.3) is 5.91 Å². The van der Waals surface area contributed by atoms with Gasteiger partial charge in [0, 0.05) is 11.3 Å². The van der Waals surface area contributed by atoms with E-state index in [4.69, 9.17) is 10.8 Å². The fraction of sp³-hybridized carbons (Fsp3) is 0.364. The van der Waals surface area contributed by atoms with E-state index in [1.807, 2.05) is 0 Å². The molecule has 0 aliphatic carbocycles. The van der Waals surface area contributed by atoms with Crippen LogP contribution in [-0.2, 0) is 9.84 Å². The highest BCUT2D eigenvalue weighted by atomic mass is 32.2. The Kier molecular flexibility index (Phi) is 4.69. The molecule has 1 unspecified atom stereocenters. The van der Waals surface area contributed by atoms with Crippen LogP contribution in [0.5, 0.6) is 0 Å². The van der Waals surface area contributed by atoms with Gasteiger partial charge in [-0.05, 0) is 25.1 Å². The number of aliphatic hydroxyl groups is 1. The van der Waals surface area contributed by atoms with E-state index in [1.54, 1.807) is 12.1 Å². The summed E-state index contributed by atoms with van der Waals surface area (Å²) in [5.41, 5.74) is 6.25. The maximum atomic E-state index is 11.8. The molecule has 4 N–H and O–H groups in total. The van der Waals surface area contributed by atoms with E-state index in [0.717, 1.165) is 0 Å². The van der Waals surface area contributed by atoms with Crippen molar-refractivity contribution >= 4 is 21.4 Å². The van der Waals surface area contributed by atoms with Gasteiger partial charge in [0.05, 0.1) is 12.4 Å². The zero-order valence-corrected chi connectivity index (χ0v) is 10.8. The molecule has 0 aliphatic rings. The molecule has 0 saturated carbocycles. The quantitative estimate of drug-likeness (QED) is 0.640. The van der Waals surface area contributed by atoms with Crippen molar-refractivity contribution in [2.24, 2.45) is 0 Å². The van der Waals surface area contributed by atoms with Gasteiger partial charge in [0.2, 0.25) is 0 Å². The Hall–Kier alpha value is -1.60. The van der Waals surface area contributed by atoms with E-state index in [9.17, 15) is 13.2 Å². The first-order chi connectivity index (χ1) is 8.36. The summed E-state index contributed by atoms with van der Waals surface area (Å²) in [6, 6.07) is 6.23. The van der Waals surface area contributed by atoms with Gasteiger partial charge in [-0.1, -0.05) is 6.07 Å². The second-order valence-corrected chi connectivity index (χ2v) is 6.27. The smallest absolute Gasteiger partial charge is 0.252 e. The van der Waals surface area contributed by atoms with Gasteiger partial charge in [-0.15, -0.1) is 0 Å². The molecule has 1 aromatic rings. The molecule has 1 aromatic carbocycles. The SMILES string of the molecule is CC(NC(=O)c1cccc(N)c1)S(=O)(=O)CCO. The molecular weight excluding hydrogens is 256 g/mol. The van der Waals surface area contributed by atoms with Crippen molar-refractivity contribution in [3.05, 3.63) is 29.8 Å². The summed E-state index contributed by atoms with van der Waals surface area (Å²) in [4.78, 5) is 11.8. The minimum absolute atomic E-state index is 0.293. The number of carbonyl (C=O) groups is 1. The van der Waals surface area contributed by atoms with Gasteiger partial charge in [-0.25, -0.2) is 8.42 Å². The molecule has 6 nitrogen and oxygen atoms in total. The van der Waals surface area contributed by atoms with E-state index < -0.39 is 27.7 Å². The van der Waals surface area contributed by atoms with E-state index in [-0.39, 0.29) is 5.75 Å². The third-order valence-electron chi connectivity index (χ3n) is 2.40. The maximum absolute atomic E-state index is 11.8. The van der Waals surface area contributed by atoms with Crippen LogP contribution in [0.25, 0.3) is 0 Å². The predicted octanol–water partition coefficient (Wildman–Crippen LogP) is -0.248. The average molecular weight is 272 g/mol. The van der Waals surface area contributed by atoms with Gasteiger partial charge >= 0.3 is 0 Å². The van der Waals surface area contributed by atoms with Crippen LogP contribution in [0.3, 0.4) is 0 Å². The third kappa shape index (κ3) is 3.71. The predicted molar refractivity (Wildman–Crippen MR) is 68.7 cm³/mol. The summed E-state index contributed by atoms with van der Waals surface area (Å²) in [5.74, 6) is -0.901. The van der Waals surface area contributed by atoms with Crippen LogP contribution in [0.2, 0.25) is 0 Å². The zero-order valence-electron chi connectivity index (χ0n) is 9.96. The van der Waals surface area contributed by atoms with E-state index in [0.29, 0.717) is 11.3 Å². The lowest BCUT2D eigenvalue weighted by Crippen LogP contribution is -2.40. The Morgan fingerprint density at radius 1 is 1.50 bits per heavy atom. The summed E-state index contributed by atoms with van der Waals surface area (Å²) in [5, 5.41) is 9.93. The fourth-order valence-electron chi connectivity index (χ4n) is 1.34. The summed E-state index contributed by atoms with van der Waals surface area (Å²) >= 11 is 0. The lowest BCUT2D eigenvalue weighted by Gasteiger charge is -2.14. The highest BCUT2D eigenvalue weighted by Gasteiger charge is 2.22. The Bertz CT molecular complexity index is 528. The largest absolute Gasteiger partial charge is 0.399 e. The van der Waals surface area contributed by atoms with Crippen molar-refractivity contribution in [1.29, 1.82) is 0 Å². The highest BCUT2D eigenvalue weighted by molar-refractivity contribution is 7.92. The minimum atomic E-state index is -3.54. The van der Waals surface area contributed by atoms with E-state index >= 15 is 0 Å². The normalized spacial score (nSPS) is 13.0. The van der Waals surface area contributed by atoms with Crippen molar-refractivity contribution in [1.82, 2.24) is 5.32 Å². The first-order valence-corrected chi connectivity index (χ1v) is 7.07. The molecule has 1 rings (SSSR count). The molecule has 1 amide bonds. The Morgan fingerprint density at radius 3 is 2.72 bits per heavy atom. The van der Waals surface area contributed by atoms with Crippen LogP contribution in [0, 0.1) is 0 Å². The average Bonchev–Trinajstić information content (AvgIpc) is 2.28. The molecule has 0 aromatic heterocycles.